The SMILES string of the molecule is CCC(CC)N(CCO)C(=O)N1CC(O)C[C@H]1C(=O)O. The second kappa shape index (κ2) is 7.44. The minimum Gasteiger partial charge on any atom is -0.480 e. The minimum atomic E-state index is -1.11. The van der Waals surface area contributed by atoms with E-state index in [2.05, 4.69) is 0 Å². The lowest BCUT2D eigenvalue weighted by atomic mass is 10.1. The van der Waals surface area contributed by atoms with Crippen LogP contribution < -0.4 is 0 Å². The lowest BCUT2D eigenvalue weighted by molar-refractivity contribution is -0.141. The largest absolute Gasteiger partial charge is 0.480 e. The van der Waals surface area contributed by atoms with Crippen molar-refractivity contribution in [2.24, 2.45) is 0 Å². The third-order valence-corrected chi connectivity index (χ3v) is 3.78. The van der Waals surface area contributed by atoms with Gasteiger partial charge in [0.05, 0.1) is 12.7 Å². The van der Waals surface area contributed by atoms with Gasteiger partial charge in [-0.2, -0.15) is 0 Å². The van der Waals surface area contributed by atoms with Crippen LogP contribution in [-0.2, 0) is 4.79 Å². The second-order valence-corrected chi connectivity index (χ2v) is 5.07. The average molecular weight is 288 g/mol. The van der Waals surface area contributed by atoms with Crippen LogP contribution in [0.15, 0.2) is 0 Å². The molecule has 0 aromatic heterocycles. The van der Waals surface area contributed by atoms with Gasteiger partial charge in [-0.15, -0.1) is 0 Å². The number of hydrogen-bond acceptors (Lipinski definition) is 4. The summed E-state index contributed by atoms with van der Waals surface area (Å²) in [5.74, 6) is -1.11. The molecule has 1 rings (SSSR count). The maximum atomic E-state index is 12.5. The zero-order valence-corrected chi connectivity index (χ0v) is 12.0. The number of urea groups is 1. The number of rotatable bonds is 6. The Morgan fingerprint density at radius 1 is 1.35 bits per heavy atom. The van der Waals surface area contributed by atoms with Crippen LogP contribution in [0.3, 0.4) is 0 Å². The van der Waals surface area contributed by atoms with E-state index in [4.69, 9.17) is 10.2 Å². The highest BCUT2D eigenvalue weighted by Crippen LogP contribution is 2.22. The van der Waals surface area contributed by atoms with E-state index in [0.717, 1.165) is 12.8 Å². The fourth-order valence-electron chi connectivity index (χ4n) is 2.70. The molecule has 0 spiro atoms. The molecule has 1 aliphatic rings. The van der Waals surface area contributed by atoms with E-state index in [1.807, 2.05) is 13.8 Å². The highest BCUT2D eigenvalue weighted by atomic mass is 16.4. The summed E-state index contributed by atoms with van der Waals surface area (Å²) >= 11 is 0. The van der Waals surface area contributed by atoms with Gasteiger partial charge in [0.15, 0.2) is 0 Å². The number of aliphatic carboxylic acids is 1. The number of carbonyl (C=O) groups excluding carboxylic acids is 1. The first-order chi connectivity index (χ1) is 9.46. The van der Waals surface area contributed by atoms with E-state index in [1.54, 1.807) is 0 Å². The van der Waals surface area contributed by atoms with Gasteiger partial charge in [-0.3, -0.25) is 0 Å². The standard InChI is InChI=1S/C13H24N2O5/c1-3-9(4-2)14(5-6-16)13(20)15-8-10(17)7-11(15)12(18)19/h9-11,16-17H,3-8H2,1-2H3,(H,18,19)/t10?,11-/m0/s1. The molecule has 20 heavy (non-hydrogen) atoms. The summed E-state index contributed by atoms with van der Waals surface area (Å²) in [5.41, 5.74) is 0. The molecular formula is C13H24N2O5. The molecule has 0 aromatic rings. The number of aliphatic hydroxyl groups is 2. The monoisotopic (exact) mass is 288 g/mol. The Morgan fingerprint density at radius 3 is 2.40 bits per heavy atom. The van der Waals surface area contributed by atoms with Crippen LogP contribution in [0.1, 0.15) is 33.1 Å². The van der Waals surface area contributed by atoms with Crippen molar-refractivity contribution in [1.29, 1.82) is 0 Å². The molecular weight excluding hydrogens is 264 g/mol. The Morgan fingerprint density at radius 2 is 1.95 bits per heavy atom. The molecule has 0 aromatic carbocycles. The number of carbonyl (C=O) groups is 2. The smallest absolute Gasteiger partial charge is 0.326 e. The van der Waals surface area contributed by atoms with Crippen molar-refractivity contribution in [1.82, 2.24) is 9.80 Å². The van der Waals surface area contributed by atoms with Gasteiger partial charge < -0.3 is 25.1 Å². The summed E-state index contributed by atoms with van der Waals surface area (Å²) in [5, 5.41) is 27.9. The summed E-state index contributed by atoms with van der Waals surface area (Å²) in [6.45, 7) is 3.91. The van der Waals surface area contributed by atoms with Gasteiger partial charge in [0, 0.05) is 25.6 Å². The summed E-state index contributed by atoms with van der Waals surface area (Å²) in [6, 6.07) is -1.45. The molecule has 2 amide bonds. The predicted octanol–water partition coefficient (Wildman–Crippen LogP) is 0.109. The van der Waals surface area contributed by atoms with Gasteiger partial charge >= 0.3 is 12.0 Å². The minimum absolute atomic E-state index is 0.0257. The number of carboxylic acid groups (broad SMARTS) is 1. The zero-order valence-electron chi connectivity index (χ0n) is 12.0. The molecule has 116 valence electrons. The van der Waals surface area contributed by atoms with E-state index in [-0.39, 0.29) is 32.2 Å². The van der Waals surface area contributed by atoms with Crippen molar-refractivity contribution < 1.29 is 24.9 Å². The molecule has 0 bridgehead atoms. The molecule has 1 aliphatic heterocycles. The Balaban J connectivity index is 2.90. The first kappa shape index (κ1) is 16.7. The number of amides is 2. The third-order valence-electron chi connectivity index (χ3n) is 3.78. The van der Waals surface area contributed by atoms with Gasteiger partial charge in [0.2, 0.25) is 0 Å². The third kappa shape index (κ3) is 3.61. The van der Waals surface area contributed by atoms with Crippen LogP contribution in [0.2, 0.25) is 0 Å². The zero-order chi connectivity index (χ0) is 15.3. The highest BCUT2D eigenvalue weighted by Gasteiger charge is 2.41. The quantitative estimate of drug-likeness (QED) is 0.644. The van der Waals surface area contributed by atoms with Crippen molar-refractivity contribution >= 4 is 12.0 Å². The van der Waals surface area contributed by atoms with Crippen LogP contribution >= 0.6 is 0 Å². The number of aliphatic hydroxyl groups excluding tert-OH is 2. The normalized spacial score (nSPS) is 22.4. The topological polar surface area (TPSA) is 101 Å². The molecule has 3 N–H and O–H groups in total. The van der Waals surface area contributed by atoms with E-state index < -0.39 is 24.1 Å². The Kier molecular flexibility index (Phi) is 6.22. The van der Waals surface area contributed by atoms with Gasteiger partial charge in [0.1, 0.15) is 6.04 Å². The fourth-order valence-corrected chi connectivity index (χ4v) is 2.70. The number of carboxylic acids is 1. The number of likely N-dealkylation sites (tertiary alicyclic amines) is 1. The maximum absolute atomic E-state index is 12.5. The number of β-amino-alcohol motifs (C(OH)–C–C–N with tert-alkyl or cyclic N) is 1. The molecule has 7 heteroatoms. The van der Waals surface area contributed by atoms with Gasteiger partial charge in [-0.1, -0.05) is 13.8 Å². The lowest BCUT2D eigenvalue weighted by Crippen LogP contribution is -2.52. The van der Waals surface area contributed by atoms with Crippen LogP contribution in [0, 0.1) is 0 Å². The lowest BCUT2D eigenvalue weighted by Gasteiger charge is -2.35. The molecule has 1 heterocycles. The predicted molar refractivity (Wildman–Crippen MR) is 72.3 cm³/mol. The van der Waals surface area contributed by atoms with Crippen molar-refractivity contribution in [3.05, 3.63) is 0 Å². The van der Waals surface area contributed by atoms with E-state index in [0.29, 0.717) is 0 Å². The molecule has 2 atom stereocenters. The molecule has 1 unspecified atom stereocenters. The summed E-state index contributed by atoms with van der Waals surface area (Å²) in [4.78, 5) is 26.4. The molecule has 0 radical (unpaired) electrons. The maximum Gasteiger partial charge on any atom is 0.326 e. The summed E-state index contributed by atoms with van der Waals surface area (Å²) in [6.07, 6.45) is 0.710. The van der Waals surface area contributed by atoms with Gasteiger partial charge in [-0.05, 0) is 12.8 Å². The Hall–Kier alpha value is -1.34. The van der Waals surface area contributed by atoms with Crippen LogP contribution in [0.5, 0.6) is 0 Å². The van der Waals surface area contributed by atoms with Crippen molar-refractivity contribution in [2.45, 2.75) is 51.3 Å². The second-order valence-electron chi connectivity index (χ2n) is 5.07. The van der Waals surface area contributed by atoms with Crippen LogP contribution in [0.25, 0.3) is 0 Å². The Bertz CT molecular complexity index is 346. The van der Waals surface area contributed by atoms with Crippen LogP contribution in [-0.4, -0.2) is 75.0 Å². The first-order valence-electron chi connectivity index (χ1n) is 7.05. The summed E-state index contributed by atoms with van der Waals surface area (Å²) in [7, 11) is 0. The fraction of sp³-hybridized carbons (Fsp3) is 0.846. The number of hydrogen-bond donors (Lipinski definition) is 3. The summed E-state index contributed by atoms with van der Waals surface area (Å²) < 4.78 is 0. The van der Waals surface area contributed by atoms with Crippen molar-refractivity contribution in [2.75, 3.05) is 19.7 Å². The molecule has 7 nitrogen and oxygen atoms in total. The van der Waals surface area contributed by atoms with Crippen LogP contribution in [0.4, 0.5) is 4.79 Å². The molecule has 1 fully saturated rings. The van der Waals surface area contributed by atoms with Gasteiger partial charge in [0.25, 0.3) is 0 Å². The average Bonchev–Trinajstić information content (AvgIpc) is 2.80. The van der Waals surface area contributed by atoms with E-state index in [9.17, 15) is 14.7 Å². The number of nitrogens with zero attached hydrogens (tertiary/aromatic N) is 2. The first-order valence-corrected chi connectivity index (χ1v) is 7.05. The van der Waals surface area contributed by atoms with E-state index in [1.165, 1.54) is 9.80 Å². The Labute approximate surface area is 118 Å². The highest BCUT2D eigenvalue weighted by molar-refractivity contribution is 5.83. The molecule has 0 aliphatic carbocycles. The van der Waals surface area contributed by atoms with E-state index >= 15 is 0 Å². The van der Waals surface area contributed by atoms with Crippen molar-refractivity contribution in [3.8, 4) is 0 Å². The molecule has 1 saturated heterocycles. The van der Waals surface area contributed by atoms with Gasteiger partial charge in [-0.25, -0.2) is 9.59 Å². The molecule has 0 saturated carbocycles. The van der Waals surface area contributed by atoms with Crippen molar-refractivity contribution in [3.63, 3.8) is 0 Å².